The van der Waals surface area contributed by atoms with E-state index in [4.69, 9.17) is 9.84 Å². The lowest BCUT2D eigenvalue weighted by Gasteiger charge is -2.09. The molecule has 0 aliphatic carbocycles. The van der Waals surface area contributed by atoms with Gasteiger partial charge in [0.2, 0.25) is 0 Å². The Balaban J connectivity index is 3.28. The molecule has 0 heterocycles. The Morgan fingerprint density at radius 3 is 2.71 bits per heavy atom. The summed E-state index contributed by atoms with van der Waals surface area (Å²) in [6.45, 7) is 3.24. The van der Waals surface area contributed by atoms with Gasteiger partial charge in [0.15, 0.2) is 17.3 Å². The van der Waals surface area contributed by atoms with Gasteiger partial charge in [0, 0.05) is 6.07 Å². The van der Waals surface area contributed by atoms with Gasteiger partial charge in [-0.1, -0.05) is 0 Å². The topological polar surface area (TPSA) is 46.5 Å². The summed E-state index contributed by atoms with van der Waals surface area (Å²) < 4.78 is 18.2. The third kappa shape index (κ3) is 2.02. The molecule has 0 saturated heterocycles. The molecule has 1 rings (SSSR count). The SMILES string of the molecule is CCOc1c(F)cc(O)cc1C(C)=O. The van der Waals surface area contributed by atoms with E-state index in [9.17, 15) is 9.18 Å². The first-order valence-corrected chi connectivity index (χ1v) is 4.22. The van der Waals surface area contributed by atoms with Gasteiger partial charge in [-0.2, -0.15) is 0 Å². The lowest BCUT2D eigenvalue weighted by atomic mass is 10.1. The molecule has 0 spiro atoms. The first kappa shape index (κ1) is 10.5. The Hall–Kier alpha value is -1.58. The number of aromatic hydroxyl groups is 1. The summed E-state index contributed by atoms with van der Waals surface area (Å²) in [6, 6.07) is 2.10. The summed E-state index contributed by atoms with van der Waals surface area (Å²) in [5, 5.41) is 9.09. The van der Waals surface area contributed by atoms with Crippen LogP contribution in [0, 0.1) is 5.82 Å². The molecule has 0 unspecified atom stereocenters. The van der Waals surface area contributed by atoms with Crippen molar-refractivity contribution in [3.63, 3.8) is 0 Å². The van der Waals surface area contributed by atoms with Gasteiger partial charge >= 0.3 is 0 Å². The van der Waals surface area contributed by atoms with E-state index in [0.29, 0.717) is 0 Å². The second-order valence-electron chi connectivity index (χ2n) is 2.79. The number of phenols is 1. The molecule has 1 aromatic carbocycles. The van der Waals surface area contributed by atoms with Crippen molar-refractivity contribution in [3.05, 3.63) is 23.5 Å². The van der Waals surface area contributed by atoms with E-state index in [1.165, 1.54) is 13.0 Å². The molecule has 0 radical (unpaired) electrons. The smallest absolute Gasteiger partial charge is 0.169 e. The van der Waals surface area contributed by atoms with Gasteiger partial charge < -0.3 is 9.84 Å². The summed E-state index contributed by atoms with van der Waals surface area (Å²) in [5.41, 5.74) is 0.0596. The monoisotopic (exact) mass is 198 g/mol. The Kier molecular flexibility index (Phi) is 3.06. The van der Waals surface area contributed by atoms with Crippen LogP contribution in [0.15, 0.2) is 12.1 Å². The maximum atomic E-state index is 13.2. The number of benzene rings is 1. The maximum absolute atomic E-state index is 13.2. The molecule has 0 atom stereocenters. The van der Waals surface area contributed by atoms with Crippen LogP contribution in [0.5, 0.6) is 11.5 Å². The second-order valence-corrected chi connectivity index (χ2v) is 2.79. The summed E-state index contributed by atoms with van der Waals surface area (Å²) in [6.07, 6.45) is 0. The minimum absolute atomic E-state index is 0.0596. The van der Waals surface area contributed by atoms with Crippen molar-refractivity contribution >= 4 is 5.78 Å². The predicted octanol–water partition coefficient (Wildman–Crippen LogP) is 2.13. The summed E-state index contributed by atoms with van der Waals surface area (Å²) in [5.74, 6) is -1.45. The molecule has 1 aromatic rings. The van der Waals surface area contributed by atoms with E-state index in [1.54, 1.807) is 6.92 Å². The Morgan fingerprint density at radius 1 is 1.57 bits per heavy atom. The lowest BCUT2D eigenvalue weighted by molar-refractivity contribution is 0.101. The van der Waals surface area contributed by atoms with Crippen molar-refractivity contribution in [1.29, 1.82) is 0 Å². The average Bonchev–Trinajstić information content (AvgIpc) is 2.09. The average molecular weight is 198 g/mol. The van der Waals surface area contributed by atoms with Crippen LogP contribution in [0.2, 0.25) is 0 Å². The highest BCUT2D eigenvalue weighted by atomic mass is 19.1. The number of hydrogen-bond acceptors (Lipinski definition) is 3. The molecule has 0 aliphatic rings. The van der Waals surface area contributed by atoms with Crippen LogP contribution < -0.4 is 4.74 Å². The number of ether oxygens (including phenoxy) is 1. The molecule has 0 amide bonds. The highest BCUT2D eigenvalue weighted by Gasteiger charge is 2.15. The number of carbonyl (C=O) groups is 1. The predicted molar refractivity (Wildman–Crippen MR) is 49.2 cm³/mol. The van der Waals surface area contributed by atoms with Crippen molar-refractivity contribution in [1.82, 2.24) is 0 Å². The van der Waals surface area contributed by atoms with E-state index in [1.807, 2.05) is 0 Å². The summed E-state index contributed by atoms with van der Waals surface area (Å²) >= 11 is 0. The van der Waals surface area contributed by atoms with E-state index in [0.717, 1.165) is 6.07 Å². The van der Waals surface area contributed by atoms with Gasteiger partial charge in [-0.25, -0.2) is 4.39 Å². The van der Waals surface area contributed by atoms with Crippen LogP contribution in [0.3, 0.4) is 0 Å². The fraction of sp³-hybridized carbons (Fsp3) is 0.300. The van der Waals surface area contributed by atoms with Crippen molar-refractivity contribution in [3.8, 4) is 11.5 Å². The van der Waals surface area contributed by atoms with Crippen LogP contribution in [-0.2, 0) is 0 Å². The maximum Gasteiger partial charge on any atom is 0.169 e. The number of ketones is 1. The zero-order chi connectivity index (χ0) is 10.7. The molecule has 0 bridgehead atoms. The molecule has 0 aromatic heterocycles. The van der Waals surface area contributed by atoms with Gasteiger partial charge in [0.05, 0.1) is 12.2 Å². The largest absolute Gasteiger partial charge is 0.508 e. The normalized spacial score (nSPS) is 9.93. The molecule has 0 saturated carbocycles. The first-order valence-electron chi connectivity index (χ1n) is 4.22. The minimum atomic E-state index is -0.725. The first-order chi connectivity index (χ1) is 6.56. The van der Waals surface area contributed by atoms with Gasteiger partial charge in [0.25, 0.3) is 0 Å². The van der Waals surface area contributed by atoms with E-state index >= 15 is 0 Å². The van der Waals surface area contributed by atoms with Gasteiger partial charge in [-0.3, -0.25) is 4.79 Å². The fourth-order valence-corrected chi connectivity index (χ4v) is 1.13. The van der Waals surface area contributed by atoms with E-state index in [2.05, 4.69) is 0 Å². The second kappa shape index (κ2) is 4.09. The highest BCUT2D eigenvalue weighted by Crippen LogP contribution is 2.27. The Morgan fingerprint density at radius 2 is 2.21 bits per heavy atom. The van der Waals surface area contributed by atoms with Crippen LogP contribution in [0.1, 0.15) is 24.2 Å². The zero-order valence-corrected chi connectivity index (χ0v) is 8.00. The Labute approximate surface area is 81.1 Å². The van der Waals surface area contributed by atoms with Crippen molar-refractivity contribution < 1.29 is 19.0 Å². The quantitative estimate of drug-likeness (QED) is 0.757. The van der Waals surface area contributed by atoms with E-state index < -0.39 is 5.82 Å². The molecule has 0 aliphatic heterocycles. The van der Waals surface area contributed by atoms with Crippen LogP contribution in [-0.4, -0.2) is 17.5 Å². The van der Waals surface area contributed by atoms with Crippen LogP contribution >= 0.6 is 0 Å². The van der Waals surface area contributed by atoms with Crippen LogP contribution in [0.25, 0.3) is 0 Å². The van der Waals surface area contributed by atoms with E-state index in [-0.39, 0.29) is 29.5 Å². The van der Waals surface area contributed by atoms with Crippen LogP contribution in [0.4, 0.5) is 4.39 Å². The molecule has 0 fully saturated rings. The molecule has 14 heavy (non-hydrogen) atoms. The third-order valence-electron chi connectivity index (χ3n) is 1.70. The van der Waals surface area contributed by atoms with Gasteiger partial charge in [-0.05, 0) is 19.9 Å². The van der Waals surface area contributed by atoms with Gasteiger partial charge in [-0.15, -0.1) is 0 Å². The third-order valence-corrected chi connectivity index (χ3v) is 1.70. The highest BCUT2D eigenvalue weighted by molar-refractivity contribution is 5.97. The number of phenolic OH excluding ortho intramolecular Hbond substituents is 1. The molecular formula is C10H11FO3. The Bertz CT molecular complexity index is 361. The molecule has 76 valence electrons. The molecular weight excluding hydrogens is 187 g/mol. The number of hydrogen-bond donors (Lipinski definition) is 1. The molecule has 1 N–H and O–H groups in total. The van der Waals surface area contributed by atoms with Crippen molar-refractivity contribution in [2.24, 2.45) is 0 Å². The lowest BCUT2D eigenvalue weighted by Crippen LogP contribution is -2.02. The number of Topliss-reactive ketones (excluding diaryl/α,β-unsaturated/α-hetero) is 1. The minimum Gasteiger partial charge on any atom is -0.508 e. The molecule has 3 nitrogen and oxygen atoms in total. The fourth-order valence-electron chi connectivity index (χ4n) is 1.13. The van der Waals surface area contributed by atoms with Gasteiger partial charge in [0.1, 0.15) is 5.75 Å². The number of carbonyl (C=O) groups excluding carboxylic acids is 1. The number of halogens is 1. The van der Waals surface area contributed by atoms with Crippen molar-refractivity contribution in [2.75, 3.05) is 6.61 Å². The van der Waals surface area contributed by atoms with Crippen molar-refractivity contribution in [2.45, 2.75) is 13.8 Å². The summed E-state index contributed by atoms with van der Waals surface area (Å²) in [4.78, 5) is 11.1. The molecule has 4 heteroatoms. The summed E-state index contributed by atoms with van der Waals surface area (Å²) in [7, 11) is 0. The standard InChI is InChI=1S/C10H11FO3/c1-3-14-10-8(6(2)12)4-7(13)5-9(10)11/h4-5,13H,3H2,1-2H3. The number of rotatable bonds is 3. The zero-order valence-electron chi connectivity index (χ0n) is 8.00.